The van der Waals surface area contributed by atoms with Crippen molar-refractivity contribution in [2.45, 2.75) is 38.5 Å². The van der Waals surface area contributed by atoms with Gasteiger partial charge in [-0.1, -0.05) is 143 Å². The van der Waals surface area contributed by atoms with Crippen LogP contribution in [0.4, 0.5) is 0 Å². The van der Waals surface area contributed by atoms with Gasteiger partial charge in [0.25, 0.3) is 0 Å². The normalized spacial score (nSPS) is 14.4. The minimum absolute atomic E-state index is 0.265. The number of rotatable bonds is 3. The molecule has 2 aliphatic rings. The molecule has 3 heterocycles. The summed E-state index contributed by atoms with van der Waals surface area (Å²) in [7, 11) is 0. The molecule has 0 radical (unpaired) electrons. The van der Waals surface area contributed by atoms with Crippen LogP contribution in [0.3, 0.4) is 0 Å². The fraction of sp³-hybridized carbons (Fsp3) is 0.0882. The summed E-state index contributed by atoms with van der Waals surface area (Å²) < 4.78 is 15.1. The summed E-state index contributed by atoms with van der Waals surface area (Å²) >= 11 is 0. The van der Waals surface area contributed by atoms with Gasteiger partial charge in [0.15, 0.2) is 0 Å². The Morgan fingerprint density at radius 1 is 0.296 bits per heavy atom. The molecular weight excluding hydrogens is 863 g/mol. The van der Waals surface area contributed by atoms with E-state index in [1.165, 1.54) is 110 Å². The Hall–Kier alpha value is -8.66. The zero-order valence-corrected chi connectivity index (χ0v) is 39.8. The highest BCUT2D eigenvalue weighted by Gasteiger charge is 2.41. The maximum Gasteiger partial charge on any atom is 0.135 e. The second kappa shape index (κ2) is 13.6. The first-order chi connectivity index (χ1) is 34.7. The van der Waals surface area contributed by atoms with Crippen LogP contribution in [0.5, 0.6) is 0 Å². The zero-order valence-electron chi connectivity index (χ0n) is 39.8. The second-order valence-corrected chi connectivity index (χ2v) is 21.2. The van der Waals surface area contributed by atoms with Gasteiger partial charge < -0.3 is 13.4 Å². The summed E-state index contributed by atoms with van der Waals surface area (Å²) in [4.78, 5) is 0. The molecule has 0 N–H and O–H groups in total. The van der Waals surface area contributed by atoms with Crippen molar-refractivity contribution in [1.82, 2.24) is 4.57 Å². The van der Waals surface area contributed by atoms with Crippen molar-refractivity contribution < 1.29 is 8.83 Å². The van der Waals surface area contributed by atoms with E-state index in [1.54, 1.807) is 0 Å². The summed E-state index contributed by atoms with van der Waals surface area (Å²) in [6.45, 7) is 9.71. The molecule has 0 saturated heterocycles. The fourth-order valence-corrected chi connectivity index (χ4v) is 13.3. The van der Waals surface area contributed by atoms with Crippen LogP contribution in [0.25, 0.3) is 137 Å². The predicted molar refractivity (Wildman–Crippen MR) is 296 cm³/mol. The summed E-state index contributed by atoms with van der Waals surface area (Å²) in [5, 5.41) is 12.2. The number of para-hydroxylation sites is 3. The van der Waals surface area contributed by atoms with Gasteiger partial charge in [0.2, 0.25) is 0 Å². The third-order valence-corrected chi connectivity index (χ3v) is 16.8. The Balaban J connectivity index is 0.927. The van der Waals surface area contributed by atoms with Crippen molar-refractivity contribution in [3.8, 4) is 50.2 Å². The van der Waals surface area contributed by atoms with E-state index in [0.717, 1.165) is 49.6 Å². The van der Waals surface area contributed by atoms with Crippen molar-refractivity contribution >= 4 is 87.2 Å². The van der Waals surface area contributed by atoms with Crippen molar-refractivity contribution in [1.29, 1.82) is 0 Å². The topological polar surface area (TPSA) is 31.2 Å². The third kappa shape index (κ3) is 5.12. The monoisotopic (exact) mass is 907 g/mol. The highest BCUT2D eigenvalue weighted by atomic mass is 16.3. The number of aromatic nitrogens is 1. The zero-order chi connectivity index (χ0) is 47.1. The van der Waals surface area contributed by atoms with Crippen molar-refractivity contribution in [2.75, 3.05) is 0 Å². The Labute approximate surface area is 409 Å². The van der Waals surface area contributed by atoms with Crippen molar-refractivity contribution in [3.63, 3.8) is 0 Å². The lowest BCUT2D eigenvalue weighted by Crippen LogP contribution is -2.15. The molecule has 16 rings (SSSR count). The van der Waals surface area contributed by atoms with Crippen LogP contribution < -0.4 is 0 Å². The van der Waals surface area contributed by atoms with Gasteiger partial charge in [-0.2, -0.15) is 0 Å². The average molecular weight is 908 g/mol. The molecule has 334 valence electrons. The first-order valence-electron chi connectivity index (χ1n) is 24.9. The van der Waals surface area contributed by atoms with E-state index in [2.05, 4.69) is 220 Å². The van der Waals surface area contributed by atoms with Crippen molar-refractivity contribution in [3.05, 3.63) is 222 Å². The summed E-state index contributed by atoms with van der Waals surface area (Å²) in [5.41, 5.74) is 22.4. The molecule has 71 heavy (non-hydrogen) atoms. The number of hydrogen-bond acceptors (Lipinski definition) is 2. The van der Waals surface area contributed by atoms with Crippen molar-refractivity contribution in [2.24, 2.45) is 0 Å². The van der Waals surface area contributed by atoms with E-state index < -0.39 is 0 Å². The lowest BCUT2D eigenvalue weighted by atomic mass is 9.79. The lowest BCUT2D eigenvalue weighted by Gasteiger charge is -2.23. The Kier molecular flexibility index (Phi) is 7.49. The van der Waals surface area contributed by atoms with E-state index in [4.69, 9.17) is 8.83 Å². The van der Waals surface area contributed by atoms with Gasteiger partial charge in [0, 0.05) is 48.8 Å². The molecule has 2 aliphatic carbocycles. The van der Waals surface area contributed by atoms with E-state index in [0.29, 0.717) is 0 Å². The fourth-order valence-electron chi connectivity index (χ4n) is 13.3. The maximum atomic E-state index is 6.29. The van der Waals surface area contributed by atoms with Gasteiger partial charge in [-0.3, -0.25) is 0 Å². The minimum Gasteiger partial charge on any atom is -0.456 e. The Bertz CT molecular complexity index is 4410. The largest absolute Gasteiger partial charge is 0.456 e. The Morgan fingerprint density at radius 2 is 0.690 bits per heavy atom. The smallest absolute Gasteiger partial charge is 0.135 e. The molecule has 3 aromatic heterocycles. The van der Waals surface area contributed by atoms with Gasteiger partial charge in [-0.25, -0.2) is 0 Å². The minimum atomic E-state index is -0.265. The molecule has 14 aromatic rings. The number of furan rings is 2. The van der Waals surface area contributed by atoms with E-state index in [-0.39, 0.29) is 10.8 Å². The number of nitrogens with zero attached hydrogens (tertiary/aromatic N) is 1. The highest BCUT2D eigenvalue weighted by Crippen LogP contribution is 2.58. The van der Waals surface area contributed by atoms with Crippen LogP contribution in [-0.4, -0.2) is 4.57 Å². The SMILES string of the molecule is CC1(C)c2cc3c4cc5c(cc4n(-c4ccccc4)c3cc2-c2c1cc(-c1ccc3oc4ccccc4c3c1)c1ccccc21)-c1c(cc(-c2ccc3oc4ccccc4c3c2)c2ccccc12)C5(C)C. The Morgan fingerprint density at radius 3 is 1.15 bits per heavy atom. The molecule has 0 bridgehead atoms. The van der Waals surface area contributed by atoms with Crippen LogP contribution in [-0.2, 0) is 10.8 Å². The summed E-state index contributed by atoms with van der Waals surface area (Å²) in [6, 6.07) is 74.4. The molecule has 0 atom stereocenters. The molecular formula is C68H45NO2. The average Bonchev–Trinajstić information content (AvgIpc) is 4.17. The molecule has 3 nitrogen and oxygen atoms in total. The first kappa shape index (κ1) is 39.2. The van der Waals surface area contributed by atoms with Crippen LogP contribution in [0.2, 0.25) is 0 Å². The van der Waals surface area contributed by atoms with E-state index in [9.17, 15) is 0 Å². The van der Waals surface area contributed by atoms with Crippen LogP contribution in [0.1, 0.15) is 49.9 Å². The first-order valence-corrected chi connectivity index (χ1v) is 24.9. The van der Waals surface area contributed by atoms with Crippen LogP contribution in [0.15, 0.2) is 209 Å². The van der Waals surface area contributed by atoms with E-state index in [1.807, 2.05) is 12.1 Å². The maximum absolute atomic E-state index is 6.29. The van der Waals surface area contributed by atoms with Gasteiger partial charge in [-0.05, 0) is 173 Å². The number of hydrogen-bond donors (Lipinski definition) is 0. The lowest BCUT2D eigenvalue weighted by molar-refractivity contribution is 0.661. The summed E-state index contributed by atoms with van der Waals surface area (Å²) in [6.07, 6.45) is 0. The number of benzene rings is 11. The molecule has 11 aromatic carbocycles. The quantitative estimate of drug-likeness (QED) is 0.177. The van der Waals surface area contributed by atoms with Gasteiger partial charge in [-0.15, -0.1) is 0 Å². The predicted octanol–water partition coefficient (Wildman–Crippen LogP) is 18.8. The molecule has 0 spiro atoms. The summed E-state index contributed by atoms with van der Waals surface area (Å²) in [5.74, 6) is 0. The second-order valence-electron chi connectivity index (χ2n) is 21.2. The van der Waals surface area contributed by atoms with Gasteiger partial charge in [0.1, 0.15) is 22.3 Å². The molecule has 0 amide bonds. The molecule has 0 aliphatic heterocycles. The number of fused-ring (bicyclic) bond motifs is 19. The third-order valence-electron chi connectivity index (χ3n) is 16.8. The molecule has 0 unspecified atom stereocenters. The molecule has 0 saturated carbocycles. The highest BCUT2D eigenvalue weighted by molar-refractivity contribution is 6.18. The van der Waals surface area contributed by atoms with Crippen LogP contribution >= 0.6 is 0 Å². The molecule has 3 heteroatoms. The molecule has 0 fully saturated rings. The standard InChI is InChI=1S/C68H45NO2/c1-67(2)55-34-49-50-35-56-54(66-46-23-11-9-19-42(46)48(33-58(66)68(56,3)4)39-27-29-64-52(31-39)44-21-13-15-25-62(44)71-64)37-60(50)69(40-16-6-5-7-17-40)59(49)36-53(55)65-45-22-10-8-18-41(45)47(32-57(65)67)38-26-28-63-51(30-38)43-20-12-14-24-61(43)70-63/h5-37H,1-4H3. The van der Waals surface area contributed by atoms with Gasteiger partial charge >= 0.3 is 0 Å². The van der Waals surface area contributed by atoms with E-state index >= 15 is 0 Å². The van der Waals surface area contributed by atoms with Gasteiger partial charge in [0.05, 0.1) is 11.0 Å². The van der Waals surface area contributed by atoms with Crippen LogP contribution in [0, 0.1) is 0 Å².